The summed E-state index contributed by atoms with van der Waals surface area (Å²) in [6.07, 6.45) is 0.00593. The minimum atomic E-state index is -1.18. The average Bonchev–Trinajstić information content (AvgIpc) is 2.78. The zero-order valence-electron chi connectivity index (χ0n) is 12.7. The van der Waals surface area contributed by atoms with Gasteiger partial charge in [0.1, 0.15) is 6.04 Å². The normalized spacial score (nSPS) is 18.6. The molecular weight excluding hydrogens is 400 g/mol. The Labute approximate surface area is 150 Å². The number of rotatable bonds is 6. The van der Waals surface area contributed by atoms with E-state index in [1.165, 1.54) is 6.92 Å². The molecule has 2 N–H and O–H groups in total. The van der Waals surface area contributed by atoms with Crippen LogP contribution in [0.2, 0.25) is 0 Å². The molecule has 1 aliphatic heterocycles. The fourth-order valence-corrected chi connectivity index (χ4v) is 3.65. The number of carboxylic acids is 1. The maximum absolute atomic E-state index is 12.4. The van der Waals surface area contributed by atoms with E-state index in [1.54, 1.807) is 24.3 Å². The van der Waals surface area contributed by atoms with Gasteiger partial charge in [0.2, 0.25) is 17.7 Å². The minimum Gasteiger partial charge on any atom is -0.480 e. The maximum Gasteiger partial charge on any atom is 0.327 e. The van der Waals surface area contributed by atoms with Gasteiger partial charge in [-0.15, -0.1) is 11.8 Å². The van der Waals surface area contributed by atoms with E-state index >= 15 is 0 Å². The van der Waals surface area contributed by atoms with Gasteiger partial charge in [0.25, 0.3) is 0 Å². The third-order valence-electron chi connectivity index (χ3n) is 3.33. The highest BCUT2D eigenvalue weighted by Gasteiger charge is 2.40. The molecule has 1 aliphatic rings. The van der Waals surface area contributed by atoms with Crippen LogP contribution in [0.3, 0.4) is 0 Å². The Hall–Kier alpha value is -1.87. The Morgan fingerprint density at radius 1 is 1.38 bits per heavy atom. The van der Waals surface area contributed by atoms with Gasteiger partial charge in [0.05, 0.1) is 10.9 Å². The van der Waals surface area contributed by atoms with Crippen LogP contribution in [-0.4, -0.2) is 45.8 Å². The number of thioether (sulfide) groups is 1. The first-order valence-corrected chi connectivity index (χ1v) is 8.87. The number of imide groups is 1. The molecule has 0 saturated carbocycles. The van der Waals surface area contributed by atoms with Gasteiger partial charge in [-0.3, -0.25) is 14.4 Å². The highest BCUT2D eigenvalue weighted by molar-refractivity contribution is 9.10. The van der Waals surface area contributed by atoms with E-state index in [9.17, 15) is 19.2 Å². The van der Waals surface area contributed by atoms with E-state index in [0.29, 0.717) is 5.69 Å². The van der Waals surface area contributed by atoms with E-state index < -0.39 is 23.2 Å². The molecule has 9 heteroatoms. The third-order valence-corrected chi connectivity index (χ3v) is 5.15. The van der Waals surface area contributed by atoms with Crippen molar-refractivity contribution in [2.75, 3.05) is 10.7 Å². The van der Waals surface area contributed by atoms with Gasteiger partial charge in [-0.2, -0.15) is 0 Å². The predicted molar refractivity (Wildman–Crippen MR) is 92.7 cm³/mol. The number of nitrogens with one attached hydrogen (secondary N) is 1. The first kappa shape index (κ1) is 18.5. The largest absolute Gasteiger partial charge is 0.480 e. The highest BCUT2D eigenvalue weighted by atomic mass is 79.9. The second-order valence-electron chi connectivity index (χ2n) is 5.16. The van der Waals surface area contributed by atoms with Crippen molar-refractivity contribution in [1.29, 1.82) is 0 Å². The number of carbonyl (C=O) groups excluding carboxylic acids is 3. The second kappa shape index (κ2) is 7.80. The number of anilines is 1. The smallest absolute Gasteiger partial charge is 0.327 e. The summed E-state index contributed by atoms with van der Waals surface area (Å²) in [5, 5.41) is 10.7. The van der Waals surface area contributed by atoms with E-state index in [2.05, 4.69) is 21.2 Å². The summed E-state index contributed by atoms with van der Waals surface area (Å²) in [4.78, 5) is 47.8. The van der Waals surface area contributed by atoms with Crippen LogP contribution in [0.5, 0.6) is 0 Å². The van der Waals surface area contributed by atoms with Crippen molar-refractivity contribution in [2.24, 2.45) is 0 Å². The van der Waals surface area contributed by atoms with Crippen LogP contribution in [0.25, 0.3) is 0 Å². The van der Waals surface area contributed by atoms with Crippen molar-refractivity contribution in [1.82, 2.24) is 5.32 Å². The first-order chi connectivity index (χ1) is 11.3. The molecule has 0 radical (unpaired) electrons. The van der Waals surface area contributed by atoms with Crippen molar-refractivity contribution in [3.8, 4) is 0 Å². The topological polar surface area (TPSA) is 104 Å². The Balaban J connectivity index is 2.04. The number of amides is 3. The zero-order valence-corrected chi connectivity index (χ0v) is 15.1. The Bertz CT molecular complexity index is 679. The number of halogens is 1. The molecule has 0 bridgehead atoms. The first-order valence-electron chi connectivity index (χ1n) is 7.03. The molecule has 1 fully saturated rings. The number of hydrogen-bond donors (Lipinski definition) is 2. The number of aliphatic carboxylic acids is 1. The summed E-state index contributed by atoms with van der Waals surface area (Å²) in [7, 11) is 0. The summed E-state index contributed by atoms with van der Waals surface area (Å²) < 4.78 is 0.830. The van der Waals surface area contributed by atoms with Crippen LogP contribution in [0.15, 0.2) is 28.7 Å². The number of carboxylic acid groups (broad SMARTS) is 1. The summed E-state index contributed by atoms with van der Waals surface area (Å²) >= 11 is 4.35. The minimum absolute atomic E-state index is 0.00593. The lowest BCUT2D eigenvalue weighted by atomic mass is 10.3. The fraction of sp³-hybridized carbons (Fsp3) is 0.333. The Morgan fingerprint density at radius 3 is 2.54 bits per heavy atom. The quantitative estimate of drug-likeness (QED) is 0.681. The van der Waals surface area contributed by atoms with Gasteiger partial charge in [0, 0.05) is 23.6 Å². The molecule has 2 rings (SSSR count). The monoisotopic (exact) mass is 414 g/mol. The second-order valence-corrected chi connectivity index (χ2v) is 7.31. The molecule has 1 heterocycles. The highest BCUT2D eigenvalue weighted by Crippen LogP contribution is 2.30. The average molecular weight is 415 g/mol. The number of hydrogen-bond acceptors (Lipinski definition) is 5. The van der Waals surface area contributed by atoms with Gasteiger partial charge < -0.3 is 10.4 Å². The fourth-order valence-electron chi connectivity index (χ4n) is 2.23. The van der Waals surface area contributed by atoms with Crippen LogP contribution < -0.4 is 10.2 Å². The lowest BCUT2D eigenvalue weighted by molar-refractivity contribution is -0.140. The van der Waals surface area contributed by atoms with Gasteiger partial charge >= 0.3 is 5.97 Å². The SMILES string of the molecule is CC(=O)N[C@H](CS[C@@H]1CC(=O)N(c2ccc(Br)cc2)C1=O)C(=O)O. The lowest BCUT2D eigenvalue weighted by Gasteiger charge is -2.16. The molecule has 1 saturated heterocycles. The molecule has 1 aromatic rings. The van der Waals surface area contributed by atoms with Crippen LogP contribution in [0.4, 0.5) is 5.69 Å². The molecule has 3 amide bonds. The summed E-state index contributed by atoms with van der Waals surface area (Å²) in [6.45, 7) is 1.22. The van der Waals surface area contributed by atoms with Crippen LogP contribution >= 0.6 is 27.7 Å². The van der Waals surface area contributed by atoms with Gasteiger partial charge in [-0.05, 0) is 24.3 Å². The third kappa shape index (κ3) is 4.35. The van der Waals surface area contributed by atoms with Crippen LogP contribution in [0, 0.1) is 0 Å². The number of benzene rings is 1. The summed E-state index contributed by atoms with van der Waals surface area (Å²) in [5.74, 6) is -2.34. The molecule has 0 aromatic heterocycles. The predicted octanol–water partition coefficient (Wildman–Crippen LogP) is 1.40. The molecule has 7 nitrogen and oxygen atoms in total. The van der Waals surface area contributed by atoms with E-state index in [1.807, 2.05) is 0 Å². The molecule has 2 atom stereocenters. The van der Waals surface area contributed by atoms with E-state index in [0.717, 1.165) is 21.1 Å². The molecule has 128 valence electrons. The van der Waals surface area contributed by atoms with Crippen molar-refractivity contribution in [3.05, 3.63) is 28.7 Å². The Kier molecular flexibility index (Phi) is 6.00. The van der Waals surface area contributed by atoms with Gasteiger partial charge in [-0.25, -0.2) is 9.69 Å². The number of nitrogens with zero attached hydrogens (tertiary/aromatic N) is 1. The van der Waals surface area contributed by atoms with Crippen LogP contribution in [0.1, 0.15) is 13.3 Å². The molecule has 24 heavy (non-hydrogen) atoms. The maximum atomic E-state index is 12.4. The van der Waals surface area contributed by atoms with Crippen molar-refractivity contribution >= 4 is 57.1 Å². The molecule has 1 aromatic carbocycles. The number of carbonyl (C=O) groups is 4. The van der Waals surface area contributed by atoms with E-state index in [4.69, 9.17) is 5.11 Å². The van der Waals surface area contributed by atoms with Crippen molar-refractivity contribution in [3.63, 3.8) is 0 Å². The standard InChI is InChI=1S/C15H15BrN2O5S/c1-8(19)17-11(15(22)23)7-24-12-6-13(20)18(14(12)21)10-4-2-9(16)3-5-10/h2-5,11-12H,6-7H2,1H3,(H,17,19)(H,22,23)/t11-,12-/m1/s1. The van der Waals surface area contributed by atoms with Crippen LogP contribution in [-0.2, 0) is 19.2 Å². The van der Waals surface area contributed by atoms with Crippen molar-refractivity contribution in [2.45, 2.75) is 24.6 Å². The van der Waals surface area contributed by atoms with Crippen molar-refractivity contribution < 1.29 is 24.3 Å². The Morgan fingerprint density at radius 2 is 2.00 bits per heavy atom. The van der Waals surface area contributed by atoms with Gasteiger partial charge in [-0.1, -0.05) is 15.9 Å². The van der Waals surface area contributed by atoms with E-state index in [-0.39, 0.29) is 24.0 Å². The molecule has 0 spiro atoms. The summed E-state index contributed by atoms with van der Waals surface area (Å²) in [6, 6.07) is 5.67. The molecular formula is C15H15BrN2O5S. The van der Waals surface area contributed by atoms with Gasteiger partial charge in [0.15, 0.2) is 0 Å². The summed E-state index contributed by atoms with van der Waals surface area (Å²) in [5.41, 5.74) is 0.480. The molecule has 0 aliphatic carbocycles. The zero-order chi connectivity index (χ0) is 17.9. The lowest BCUT2D eigenvalue weighted by Crippen LogP contribution is -2.42. The molecule has 0 unspecified atom stereocenters.